The SMILES string of the molecule is CCc1cc(C(=O)N2CCc3ccsc3C2C)nc2cc(-c3ccc(BOC(C)(C)C(C)(C)O)cc3F)nn12. The van der Waals surface area contributed by atoms with Gasteiger partial charge in [0.15, 0.2) is 5.65 Å². The van der Waals surface area contributed by atoms with Gasteiger partial charge in [-0.15, -0.1) is 11.3 Å². The minimum absolute atomic E-state index is 0.00422. The molecular formula is C29H34BFN4O3S. The number of nitrogens with zero attached hydrogens (tertiary/aromatic N) is 4. The molecule has 1 aliphatic heterocycles. The third-order valence-electron chi connectivity index (χ3n) is 7.98. The maximum atomic E-state index is 15.3. The number of hydrogen-bond acceptors (Lipinski definition) is 6. The van der Waals surface area contributed by atoms with Gasteiger partial charge in [0.05, 0.1) is 22.9 Å². The van der Waals surface area contributed by atoms with E-state index < -0.39 is 17.0 Å². The van der Waals surface area contributed by atoms with E-state index in [1.165, 1.54) is 16.5 Å². The molecule has 0 spiro atoms. The van der Waals surface area contributed by atoms with E-state index in [9.17, 15) is 9.90 Å². The average Bonchev–Trinajstić information content (AvgIpc) is 3.54. The van der Waals surface area contributed by atoms with Gasteiger partial charge in [-0.1, -0.05) is 19.1 Å². The number of amides is 1. The van der Waals surface area contributed by atoms with Gasteiger partial charge >= 0.3 is 7.48 Å². The molecule has 0 fully saturated rings. The summed E-state index contributed by atoms with van der Waals surface area (Å²) in [5.74, 6) is -0.533. The monoisotopic (exact) mass is 548 g/mol. The van der Waals surface area contributed by atoms with Gasteiger partial charge in [-0.25, -0.2) is 13.9 Å². The molecule has 0 radical (unpaired) electrons. The fraction of sp³-hybridized carbons (Fsp3) is 0.414. The van der Waals surface area contributed by atoms with Crippen molar-refractivity contribution in [2.24, 2.45) is 0 Å². The zero-order chi connectivity index (χ0) is 28.1. The van der Waals surface area contributed by atoms with Crippen LogP contribution in [0.2, 0.25) is 0 Å². The van der Waals surface area contributed by atoms with Crippen molar-refractivity contribution in [1.82, 2.24) is 19.5 Å². The first-order valence-corrected chi connectivity index (χ1v) is 14.2. The molecule has 4 aromatic rings. The molecule has 4 heterocycles. The molecule has 1 aromatic carbocycles. The molecule has 1 atom stereocenters. The lowest BCUT2D eigenvalue weighted by atomic mass is 9.82. The smallest absolute Gasteiger partial charge is 0.309 e. The van der Waals surface area contributed by atoms with E-state index >= 15 is 4.39 Å². The van der Waals surface area contributed by atoms with Crippen molar-refractivity contribution >= 4 is 35.8 Å². The topological polar surface area (TPSA) is 80.0 Å². The molecule has 5 rings (SSSR count). The molecule has 1 aliphatic rings. The van der Waals surface area contributed by atoms with E-state index in [1.54, 1.807) is 67.8 Å². The highest BCUT2D eigenvalue weighted by Crippen LogP contribution is 2.34. The maximum absolute atomic E-state index is 15.3. The van der Waals surface area contributed by atoms with Crippen LogP contribution in [0.3, 0.4) is 0 Å². The summed E-state index contributed by atoms with van der Waals surface area (Å²) in [7, 11) is 0.161. The minimum atomic E-state index is -1.05. The van der Waals surface area contributed by atoms with Crippen LogP contribution in [0, 0.1) is 5.82 Å². The van der Waals surface area contributed by atoms with Crippen LogP contribution >= 0.6 is 11.3 Å². The first-order chi connectivity index (χ1) is 18.4. The average molecular weight is 548 g/mol. The first kappa shape index (κ1) is 27.5. The van der Waals surface area contributed by atoms with Crippen LogP contribution in [0.25, 0.3) is 16.9 Å². The van der Waals surface area contributed by atoms with E-state index in [-0.39, 0.29) is 19.4 Å². The van der Waals surface area contributed by atoms with E-state index in [4.69, 9.17) is 4.65 Å². The standard InChI is InChI=1S/C29H34BFN4O3S/c1-7-20-15-24(27(36)34-12-10-18-11-13-39-26(18)17(34)2)32-25-16-23(33-35(20)25)21-9-8-19(14-22(21)31)30-38-29(5,6)28(3,4)37/h8-9,11,13-17,30,37H,7,10,12H2,1-6H3. The third-order valence-corrected chi connectivity index (χ3v) is 9.10. The van der Waals surface area contributed by atoms with Crippen LogP contribution < -0.4 is 5.46 Å². The molecule has 1 amide bonds. The van der Waals surface area contributed by atoms with Crippen LogP contribution in [0.15, 0.2) is 41.8 Å². The molecule has 7 nitrogen and oxygen atoms in total. The predicted molar refractivity (Wildman–Crippen MR) is 153 cm³/mol. The highest BCUT2D eigenvalue weighted by atomic mass is 32.1. The number of carbonyl (C=O) groups excluding carboxylic acids is 1. The number of hydrogen-bond donors (Lipinski definition) is 1. The highest BCUT2D eigenvalue weighted by Gasteiger charge is 2.36. The Morgan fingerprint density at radius 2 is 2.00 bits per heavy atom. The Bertz CT molecular complexity index is 1540. The molecule has 0 aliphatic carbocycles. The zero-order valence-corrected chi connectivity index (χ0v) is 24.1. The van der Waals surface area contributed by atoms with E-state index in [0.717, 1.165) is 12.1 Å². The van der Waals surface area contributed by atoms with Crippen LogP contribution in [0.5, 0.6) is 0 Å². The van der Waals surface area contributed by atoms with Gasteiger partial charge in [-0.2, -0.15) is 5.10 Å². The molecule has 10 heteroatoms. The Hall–Kier alpha value is -3.08. The zero-order valence-electron chi connectivity index (χ0n) is 23.3. The summed E-state index contributed by atoms with van der Waals surface area (Å²) in [5.41, 5.74) is 2.61. The summed E-state index contributed by atoms with van der Waals surface area (Å²) in [6.07, 6.45) is 1.48. The summed E-state index contributed by atoms with van der Waals surface area (Å²) < 4.78 is 22.8. The van der Waals surface area contributed by atoms with Crippen molar-refractivity contribution in [1.29, 1.82) is 0 Å². The second-order valence-corrected chi connectivity index (χ2v) is 12.1. The minimum Gasteiger partial charge on any atom is -0.427 e. The van der Waals surface area contributed by atoms with Crippen molar-refractivity contribution < 1.29 is 18.9 Å². The fourth-order valence-electron chi connectivity index (χ4n) is 4.75. The van der Waals surface area contributed by atoms with Crippen LogP contribution in [-0.4, -0.2) is 55.7 Å². The van der Waals surface area contributed by atoms with Crippen molar-refractivity contribution in [3.05, 3.63) is 69.4 Å². The van der Waals surface area contributed by atoms with Gasteiger partial charge in [-0.3, -0.25) is 4.79 Å². The van der Waals surface area contributed by atoms with Gasteiger partial charge < -0.3 is 14.7 Å². The summed E-state index contributed by atoms with van der Waals surface area (Å²) in [6, 6.07) is 10.6. The van der Waals surface area contributed by atoms with Crippen LogP contribution in [0.1, 0.15) is 74.2 Å². The summed E-state index contributed by atoms with van der Waals surface area (Å²) in [6.45, 7) is 11.7. The second kappa shape index (κ2) is 10.2. The molecular weight excluding hydrogens is 514 g/mol. The Balaban J connectivity index is 1.42. The van der Waals surface area contributed by atoms with E-state index in [2.05, 4.69) is 28.5 Å². The lowest BCUT2D eigenvalue weighted by Crippen LogP contribution is -2.49. The number of aryl methyl sites for hydroxylation is 1. The van der Waals surface area contributed by atoms with Gasteiger partial charge in [-0.05, 0) is 82.1 Å². The van der Waals surface area contributed by atoms with Gasteiger partial charge in [0, 0.05) is 28.7 Å². The Morgan fingerprint density at radius 3 is 2.69 bits per heavy atom. The second-order valence-electron chi connectivity index (χ2n) is 11.2. The molecule has 204 valence electrons. The lowest BCUT2D eigenvalue weighted by molar-refractivity contribution is -0.0893. The Morgan fingerprint density at radius 1 is 1.23 bits per heavy atom. The summed E-state index contributed by atoms with van der Waals surface area (Å²) >= 11 is 1.69. The van der Waals surface area contributed by atoms with E-state index in [0.29, 0.717) is 41.0 Å². The van der Waals surface area contributed by atoms with E-state index in [1.807, 2.05) is 11.8 Å². The molecule has 0 saturated heterocycles. The molecule has 0 bridgehead atoms. The number of fused-ring (bicyclic) bond motifs is 2. The maximum Gasteiger partial charge on any atom is 0.309 e. The summed E-state index contributed by atoms with van der Waals surface area (Å²) in [5, 5.41) is 17.0. The Labute approximate surface area is 232 Å². The molecule has 3 aromatic heterocycles. The Kier molecular flexibility index (Phi) is 7.16. The fourth-order valence-corrected chi connectivity index (χ4v) is 5.77. The molecule has 1 unspecified atom stereocenters. The predicted octanol–water partition coefficient (Wildman–Crippen LogP) is 4.46. The van der Waals surface area contributed by atoms with Crippen molar-refractivity contribution in [2.45, 2.75) is 71.6 Å². The number of aromatic nitrogens is 3. The number of thiophene rings is 1. The summed E-state index contributed by atoms with van der Waals surface area (Å²) in [4.78, 5) is 21.3. The number of benzene rings is 1. The normalized spacial score (nSPS) is 16.0. The van der Waals surface area contributed by atoms with Gasteiger partial charge in [0.25, 0.3) is 5.91 Å². The van der Waals surface area contributed by atoms with Crippen LogP contribution in [-0.2, 0) is 17.5 Å². The number of aliphatic hydroxyl groups is 1. The van der Waals surface area contributed by atoms with Crippen LogP contribution in [0.4, 0.5) is 4.39 Å². The number of rotatable bonds is 7. The lowest BCUT2D eigenvalue weighted by Gasteiger charge is -2.37. The van der Waals surface area contributed by atoms with Crippen molar-refractivity contribution in [3.63, 3.8) is 0 Å². The van der Waals surface area contributed by atoms with Gasteiger partial charge in [0.1, 0.15) is 11.5 Å². The number of carbonyl (C=O) groups is 1. The van der Waals surface area contributed by atoms with Crippen molar-refractivity contribution in [2.75, 3.05) is 6.54 Å². The first-order valence-electron chi connectivity index (χ1n) is 13.3. The quantitative estimate of drug-likeness (QED) is 0.345. The highest BCUT2D eigenvalue weighted by molar-refractivity contribution is 7.10. The molecule has 1 N–H and O–H groups in total. The third kappa shape index (κ3) is 5.13. The van der Waals surface area contributed by atoms with Gasteiger partial charge in [0.2, 0.25) is 0 Å². The van der Waals surface area contributed by atoms with Crippen molar-refractivity contribution in [3.8, 4) is 11.3 Å². The molecule has 0 saturated carbocycles. The molecule has 39 heavy (non-hydrogen) atoms. The largest absolute Gasteiger partial charge is 0.427 e. The number of halogens is 1.